The Bertz CT molecular complexity index is 476. The van der Waals surface area contributed by atoms with Gasteiger partial charge in [0, 0.05) is 6.16 Å². The largest absolute Gasteiger partial charge is 0.318 e. The molecule has 0 aliphatic carbocycles. The van der Waals surface area contributed by atoms with Crippen LogP contribution in [0.4, 0.5) is 0 Å². The lowest BCUT2D eigenvalue weighted by Gasteiger charge is -2.24. The van der Waals surface area contributed by atoms with E-state index in [1.165, 1.54) is 5.56 Å². The van der Waals surface area contributed by atoms with E-state index >= 15 is 0 Å². The molecule has 0 radical (unpaired) electrons. The highest BCUT2D eigenvalue weighted by atomic mass is 31.2. The van der Waals surface area contributed by atoms with Gasteiger partial charge < -0.3 is 9.32 Å². The van der Waals surface area contributed by atoms with Gasteiger partial charge in [0.15, 0.2) is 0 Å². The van der Waals surface area contributed by atoms with Crippen LogP contribution in [0.25, 0.3) is 0 Å². The molecule has 1 aromatic carbocycles. The van der Waals surface area contributed by atoms with Crippen LogP contribution in [0.2, 0.25) is 0 Å². The van der Waals surface area contributed by atoms with Gasteiger partial charge in [0.2, 0.25) is 0 Å². The fourth-order valence-corrected chi connectivity index (χ4v) is 4.44. The summed E-state index contributed by atoms with van der Waals surface area (Å²) in [6.07, 6.45) is 4.01. The number of hydrogen-bond donors (Lipinski definition) is 1. The lowest BCUT2D eigenvalue weighted by molar-refractivity contribution is -0.110. The second kappa shape index (κ2) is 9.94. The molecular weight excluding hydrogens is 297 g/mol. The highest BCUT2D eigenvalue weighted by Crippen LogP contribution is 2.44. The van der Waals surface area contributed by atoms with Crippen molar-refractivity contribution in [2.24, 2.45) is 5.92 Å². The lowest BCUT2D eigenvalue weighted by Crippen LogP contribution is -2.34. The summed E-state index contributed by atoms with van der Waals surface area (Å²) >= 11 is 0. The molecule has 0 saturated carbocycles. The summed E-state index contributed by atoms with van der Waals surface area (Å²) in [5.41, 5.74) is 1.29. The van der Waals surface area contributed by atoms with Gasteiger partial charge in [-0.2, -0.15) is 0 Å². The van der Waals surface area contributed by atoms with Gasteiger partial charge >= 0.3 is 0 Å². The van der Waals surface area contributed by atoms with Gasteiger partial charge in [0.1, 0.15) is 6.29 Å². The molecule has 5 heteroatoms. The van der Waals surface area contributed by atoms with Crippen molar-refractivity contribution in [1.82, 2.24) is 5.09 Å². The average molecular weight is 325 g/mol. The molecular formula is C17H28NO3P. The number of benzene rings is 1. The zero-order valence-electron chi connectivity index (χ0n) is 13.8. The maximum Gasteiger partial charge on any atom is 0.270 e. The van der Waals surface area contributed by atoms with Crippen LogP contribution in [0.1, 0.15) is 39.2 Å². The molecule has 0 bridgehead atoms. The van der Waals surface area contributed by atoms with E-state index in [2.05, 4.69) is 17.2 Å². The van der Waals surface area contributed by atoms with Crippen LogP contribution in [0.5, 0.6) is 0 Å². The van der Waals surface area contributed by atoms with Crippen molar-refractivity contribution >= 4 is 13.8 Å². The summed E-state index contributed by atoms with van der Waals surface area (Å²) in [6, 6.07) is 9.83. The molecule has 124 valence electrons. The van der Waals surface area contributed by atoms with E-state index in [1.54, 1.807) is 0 Å². The van der Waals surface area contributed by atoms with Gasteiger partial charge in [-0.05, 0) is 37.7 Å². The Kier molecular flexibility index (Phi) is 8.62. The van der Waals surface area contributed by atoms with E-state index in [4.69, 9.17) is 4.52 Å². The Morgan fingerprint density at radius 2 is 1.91 bits per heavy atom. The number of nitrogens with one attached hydrogen (secondary N) is 1. The number of rotatable bonds is 11. The molecule has 22 heavy (non-hydrogen) atoms. The second-order valence-electron chi connectivity index (χ2n) is 5.79. The third-order valence-electron chi connectivity index (χ3n) is 3.56. The molecule has 0 amide bonds. The van der Waals surface area contributed by atoms with E-state index in [0.717, 1.165) is 25.5 Å². The molecule has 1 aromatic rings. The zero-order chi connectivity index (χ0) is 16.4. The second-order valence-corrected chi connectivity index (χ2v) is 8.10. The van der Waals surface area contributed by atoms with Crippen LogP contribution in [0.3, 0.4) is 0 Å². The highest BCUT2D eigenvalue weighted by Gasteiger charge is 2.27. The summed E-state index contributed by atoms with van der Waals surface area (Å²) < 4.78 is 18.3. The third kappa shape index (κ3) is 6.87. The van der Waals surface area contributed by atoms with Gasteiger partial charge in [-0.25, -0.2) is 5.09 Å². The molecule has 0 spiro atoms. The Morgan fingerprint density at radius 3 is 2.45 bits per heavy atom. The number of unbranched alkanes of at least 4 members (excludes halogenated alkanes) is 1. The number of carbonyl (C=O) groups excluding carboxylic acids is 1. The SMILES string of the molecule is CCOP(=O)(CCCCc1ccccc1)N[C@H](C=O)C(C)C. The number of aryl methyl sites for hydroxylation is 1. The molecule has 0 fully saturated rings. The molecule has 2 atom stereocenters. The quantitative estimate of drug-likeness (QED) is 0.379. The van der Waals surface area contributed by atoms with Crippen LogP contribution >= 0.6 is 7.52 Å². The number of hydrogen-bond acceptors (Lipinski definition) is 3. The van der Waals surface area contributed by atoms with E-state index in [-0.39, 0.29) is 5.92 Å². The smallest absolute Gasteiger partial charge is 0.270 e. The molecule has 0 aromatic heterocycles. The molecule has 0 aliphatic heterocycles. The Morgan fingerprint density at radius 1 is 1.23 bits per heavy atom. The van der Waals surface area contributed by atoms with Gasteiger partial charge in [0.25, 0.3) is 7.52 Å². The van der Waals surface area contributed by atoms with Crippen LogP contribution in [-0.2, 0) is 20.3 Å². The van der Waals surface area contributed by atoms with E-state index < -0.39 is 13.6 Å². The first-order chi connectivity index (χ1) is 10.5. The Hall–Kier alpha value is -0.960. The summed E-state index contributed by atoms with van der Waals surface area (Å²) in [6.45, 7) is 6.06. The Labute approximate surface area is 134 Å². The molecule has 0 saturated heterocycles. The maximum absolute atomic E-state index is 12.8. The van der Waals surface area contributed by atoms with Gasteiger partial charge in [0.05, 0.1) is 12.6 Å². The van der Waals surface area contributed by atoms with Crippen LogP contribution in [0, 0.1) is 5.92 Å². The fraction of sp³-hybridized carbons (Fsp3) is 0.588. The minimum absolute atomic E-state index is 0.0931. The third-order valence-corrected chi connectivity index (χ3v) is 5.83. The van der Waals surface area contributed by atoms with E-state index in [1.807, 2.05) is 39.0 Å². The van der Waals surface area contributed by atoms with Crippen LogP contribution < -0.4 is 5.09 Å². The molecule has 0 heterocycles. The van der Waals surface area contributed by atoms with Crippen LogP contribution in [-0.4, -0.2) is 25.1 Å². The summed E-state index contributed by atoms with van der Waals surface area (Å²) in [7, 11) is -2.95. The predicted molar refractivity (Wildman–Crippen MR) is 91.3 cm³/mol. The van der Waals surface area contributed by atoms with Crippen molar-refractivity contribution in [2.75, 3.05) is 12.8 Å². The molecule has 1 rings (SSSR count). The predicted octanol–water partition coefficient (Wildman–Crippen LogP) is 4.05. The first kappa shape index (κ1) is 19.1. The fourth-order valence-electron chi connectivity index (χ4n) is 2.23. The van der Waals surface area contributed by atoms with Gasteiger partial charge in [-0.15, -0.1) is 0 Å². The minimum atomic E-state index is -2.95. The molecule has 4 nitrogen and oxygen atoms in total. The summed E-state index contributed by atoms with van der Waals surface area (Å²) in [5, 5.41) is 2.94. The van der Waals surface area contributed by atoms with Gasteiger partial charge in [-0.1, -0.05) is 44.2 Å². The monoisotopic (exact) mass is 325 g/mol. The summed E-state index contributed by atoms with van der Waals surface area (Å²) in [4.78, 5) is 11.1. The molecule has 1 unspecified atom stereocenters. The summed E-state index contributed by atoms with van der Waals surface area (Å²) in [5.74, 6) is 0.0931. The number of aldehydes is 1. The van der Waals surface area contributed by atoms with Gasteiger partial charge in [-0.3, -0.25) is 4.57 Å². The minimum Gasteiger partial charge on any atom is -0.318 e. The van der Waals surface area contributed by atoms with E-state index in [9.17, 15) is 9.36 Å². The highest BCUT2D eigenvalue weighted by molar-refractivity contribution is 7.56. The first-order valence-corrected chi connectivity index (χ1v) is 9.82. The molecule has 1 N–H and O–H groups in total. The average Bonchev–Trinajstić information content (AvgIpc) is 2.50. The Balaban J connectivity index is 2.48. The normalized spacial score (nSPS) is 15.5. The van der Waals surface area contributed by atoms with E-state index in [0.29, 0.717) is 12.8 Å². The standard InChI is InChI=1S/C17H28NO3P/c1-4-21-22(20,18-17(14-19)15(2)3)13-9-8-12-16-10-6-5-7-11-16/h5-7,10-11,14-15,17H,4,8-9,12-13H2,1-3H3,(H,18,20)/t17-,22?/m1/s1. The van der Waals surface area contributed by atoms with Crippen molar-refractivity contribution in [3.63, 3.8) is 0 Å². The van der Waals surface area contributed by atoms with Crippen molar-refractivity contribution < 1.29 is 13.9 Å². The lowest BCUT2D eigenvalue weighted by atomic mass is 10.1. The van der Waals surface area contributed by atoms with Crippen LogP contribution in [0.15, 0.2) is 30.3 Å². The van der Waals surface area contributed by atoms with Crippen molar-refractivity contribution in [2.45, 2.75) is 46.1 Å². The maximum atomic E-state index is 12.8. The number of carbonyl (C=O) groups is 1. The van der Waals surface area contributed by atoms with Crippen molar-refractivity contribution in [3.05, 3.63) is 35.9 Å². The van der Waals surface area contributed by atoms with Crippen molar-refractivity contribution in [3.8, 4) is 0 Å². The topological polar surface area (TPSA) is 55.4 Å². The zero-order valence-corrected chi connectivity index (χ0v) is 14.7. The molecule has 0 aliphatic rings. The van der Waals surface area contributed by atoms with Crippen molar-refractivity contribution in [1.29, 1.82) is 0 Å². The first-order valence-electron chi connectivity index (χ1n) is 8.01.